The molecule has 0 bridgehead atoms. The van der Waals surface area contributed by atoms with E-state index < -0.39 is 8.07 Å². The Balaban J connectivity index is 0.910. The molecule has 83 heavy (non-hydrogen) atoms. The number of nitrogens with zero attached hydrogens (tertiary/aromatic N) is 2. The van der Waals surface area contributed by atoms with Crippen LogP contribution < -0.4 is 20.2 Å². The quantitative estimate of drug-likeness (QED) is 0.0995. The maximum Gasteiger partial charge on any atom is 0.155 e. The summed E-state index contributed by atoms with van der Waals surface area (Å²) >= 11 is 0. The molecule has 0 spiro atoms. The summed E-state index contributed by atoms with van der Waals surface area (Å²) in [5.74, 6) is -0.589. The SMILES string of the molecule is C[Si]1(C)c2cc(N(c3ccccc3)c3cc(-c4ccccc4)cc(-c4ccc5ccccc5c4)c3F)ccc2-c2cc3ccc(N(c4ccc5ccccc5c4)c4cc(-c5ccccc5)cc(-c5ccccc5)c4F)cc3c3cccc1c23. The molecule has 14 aromatic rings. The lowest BCUT2D eigenvalue weighted by atomic mass is 9.91. The van der Waals surface area contributed by atoms with Gasteiger partial charge in [0.05, 0.1) is 11.4 Å². The number of para-hydroxylation sites is 1. The van der Waals surface area contributed by atoms with Crippen molar-refractivity contribution < 1.29 is 8.78 Å². The number of halogens is 2. The molecule has 0 amide bonds. The predicted octanol–water partition coefficient (Wildman–Crippen LogP) is 21.0. The van der Waals surface area contributed by atoms with Crippen LogP contribution in [-0.4, -0.2) is 8.07 Å². The maximum absolute atomic E-state index is 18.1. The third-order valence-corrected chi connectivity index (χ3v) is 20.6. The Kier molecular flexibility index (Phi) is 12.1. The second-order valence-corrected chi connectivity index (χ2v) is 26.7. The normalized spacial score (nSPS) is 12.4. The first kappa shape index (κ1) is 49.8. The van der Waals surface area contributed by atoms with Crippen molar-refractivity contribution in [3.05, 3.63) is 303 Å². The van der Waals surface area contributed by atoms with Crippen LogP contribution in [0.15, 0.2) is 291 Å². The third-order valence-electron chi connectivity index (χ3n) is 17.1. The molecule has 394 valence electrons. The molecule has 0 radical (unpaired) electrons. The first-order valence-corrected chi connectivity index (χ1v) is 31.3. The van der Waals surface area contributed by atoms with Crippen molar-refractivity contribution in [2.45, 2.75) is 13.1 Å². The van der Waals surface area contributed by atoms with Crippen molar-refractivity contribution in [1.82, 2.24) is 0 Å². The third kappa shape index (κ3) is 8.59. The van der Waals surface area contributed by atoms with Crippen molar-refractivity contribution in [2.75, 3.05) is 9.80 Å². The van der Waals surface area contributed by atoms with Gasteiger partial charge in [-0.05, 0) is 183 Å². The van der Waals surface area contributed by atoms with Gasteiger partial charge in [0.2, 0.25) is 0 Å². The van der Waals surface area contributed by atoms with E-state index in [-0.39, 0.29) is 11.6 Å². The largest absolute Gasteiger partial charge is 0.308 e. The van der Waals surface area contributed by atoms with Gasteiger partial charge in [-0.3, -0.25) is 0 Å². The monoisotopic (exact) mass is 1080 g/mol. The smallest absolute Gasteiger partial charge is 0.155 e. The number of hydrogen-bond donors (Lipinski definition) is 0. The number of rotatable bonds is 10. The summed E-state index contributed by atoms with van der Waals surface area (Å²) in [7, 11) is -2.53. The van der Waals surface area contributed by atoms with Crippen molar-refractivity contribution in [3.63, 3.8) is 0 Å². The molecule has 0 saturated heterocycles. The van der Waals surface area contributed by atoms with Gasteiger partial charge in [0.1, 0.15) is 8.07 Å². The van der Waals surface area contributed by atoms with Crippen LogP contribution >= 0.6 is 0 Å². The van der Waals surface area contributed by atoms with Gasteiger partial charge in [0.15, 0.2) is 11.6 Å². The second-order valence-electron chi connectivity index (χ2n) is 22.3. The van der Waals surface area contributed by atoms with E-state index in [0.717, 1.165) is 93.8 Å². The number of fused-ring (bicyclic) bond motifs is 6. The summed E-state index contributed by atoms with van der Waals surface area (Å²) in [6.07, 6.45) is 0. The fourth-order valence-corrected chi connectivity index (χ4v) is 16.0. The molecule has 5 heteroatoms. The minimum Gasteiger partial charge on any atom is -0.308 e. The van der Waals surface area contributed by atoms with Gasteiger partial charge in [-0.25, -0.2) is 8.78 Å². The zero-order valence-electron chi connectivity index (χ0n) is 45.9. The molecular formula is C78H54F2N2Si. The minimum atomic E-state index is -2.53. The van der Waals surface area contributed by atoms with Gasteiger partial charge in [-0.1, -0.05) is 219 Å². The predicted molar refractivity (Wildman–Crippen MR) is 350 cm³/mol. The molecule has 0 unspecified atom stereocenters. The lowest BCUT2D eigenvalue weighted by molar-refractivity contribution is 0.632. The summed E-state index contributed by atoms with van der Waals surface area (Å²) in [6.45, 7) is 4.90. The fraction of sp³-hybridized carbons (Fsp3) is 0.0256. The highest BCUT2D eigenvalue weighted by Gasteiger charge is 2.37. The molecule has 0 aliphatic carbocycles. The van der Waals surface area contributed by atoms with Gasteiger partial charge in [-0.15, -0.1) is 0 Å². The molecule has 0 N–H and O–H groups in total. The van der Waals surface area contributed by atoms with Crippen LogP contribution in [-0.2, 0) is 0 Å². The van der Waals surface area contributed by atoms with E-state index >= 15 is 8.78 Å². The van der Waals surface area contributed by atoms with Gasteiger partial charge >= 0.3 is 0 Å². The van der Waals surface area contributed by atoms with Crippen LogP contribution in [0, 0.1) is 11.6 Å². The summed E-state index contributed by atoms with van der Waals surface area (Å²) in [5.41, 5.74) is 13.3. The zero-order valence-corrected chi connectivity index (χ0v) is 46.9. The first-order chi connectivity index (χ1) is 40.7. The maximum atomic E-state index is 18.1. The van der Waals surface area contributed by atoms with Gasteiger partial charge in [0.25, 0.3) is 0 Å². The van der Waals surface area contributed by atoms with Gasteiger partial charge < -0.3 is 9.80 Å². The van der Waals surface area contributed by atoms with Crippen LogP contribution in [0.2, 0.25) is 13.1 Å². The molecular weight excluding hydrogens is 1030 g/mol. The summed E-state index contributed by atoms with van der Waals surface area (Å²) in [4.78, 5) is 4.21. The van der Waals surface area contributed by atoms with Crippen molar-refractivity contribution in [1.29, 1.82) is 0 Å². The van der Waals surface area contributed by atoms with E-state index in [9.17, 15) is 0 Å². The Hall–Kier alpha value is -10.2. The standard InChI is InChI=1S/C78H54F2N2Si/c1-83(2)74-33-19-32-67-68-49-64(82(63-38-36-54-25-16-18-29-57(54)43-63)73-48-60(51-20-7-3-8-21-51)45-69(77(73)79)55-26-11-5-12-27-55)39-37-59(68)44-71(76(67)74)66-41-40-65(50-75(66)83)81(62-30-13-6-14-31-62)72-47-61(52-22-9-4-10-23-52)46-70(78(72)80)58-35-34-53-24-15-17-28-56(53)42-58/h3-50H,1-2H3. The number of anilines is 6. The van der Waals surface area contributed by atoms with Crippen molar-refractivity contribution in [2.24, 2.45) is 0 Å². The Labute approximate surface area is 483 Å². The minimum absolute atomic E-state index is 0.290. The topological polar surface area (TPSA) is 6.48 Å². The van der Waals surface area contributed by atoms with Crippen molar-refractivity contribution in [3.8, 4) is 55.6 Å². The molecule has 0 aromatic heterocycles. The van der Waals surface area contributed by atoms with Crippen LogP contribution in [0.1, 0.15) is 0 Å². The van der Waals surface area contributed by atoms with Gasteiger partial charge in [0, 0.05) is 33.9 Å². The number of benzene rings is 14. The van der Waals surface area contributed by atoms with Crippen LogP contribution in [0.3, 0.4) is 0 Å². The fourth-order valence-electron chi connectivity index (χ4n) is 12.9. The second kappa shape index (κ2) is 20.1. The van der Waals surface area contributed by atoms with E-state index in [0.29, 0.717) is 22.5 Å². The van der Waals surface area contributed by atoms with Crippen molar-refractivity contribution >= 4 is 95.7 Å². The van der Waals surface area contributed by atoms with Gasteiger partial charge in [-0.2, -0.15) is 0 Å². The molecule has 1 aliphatic rings. The van der Waals surface area contributed by atoms with Crippen LogP contribution in [0.25, 0.3) is 98.7 Å². The van der Waals surface area contributed by atoms with Crippen LogP contribution in [0.5, 0.6) is 0 Å². The highest BCUT2D eigenvalue weighted by Crippen LogP contribution is 2.48. The highest BCUT2D eigenvalue weighted by molar-refractivity contribution is 7.03. The average Bonchev–Trinajstić information content (AvgIpc) is 2.96. The van der Waals surface area contributed by atoms with E-state index in [2.05, 4.69) is 187 Å². The number of hydrogen-bond acceptors (Lipinski definition) is 2. The molecule has 14 aromatic carbocycles. The van der Waals surface area contributed by atoms with Crippen LogP contribution in [0.4, 0.5) is 42.9 Å². The molecule has 0 fully saturated rings. The Morgan fingerprint density at radius 1 is 0.265 bits per heavy atom. The molecule has 2 nitrogen and oxygen atoms in total. The van der Waals surface area contributed by atoms with E-state index in [1.54, 1.807) is 0 Å². The Morgan fingerprint density at radius 2 is 0.747 bits per heavy atom. The molecule has 1 heterocycles. The lowest BCUT2D eigenvalue weighted by Gasteiger charge is -2.36. The summed E-state index contributed by atoms with van der Waals surface area (Å²) < 4.78 is 36.1. The van der Waals surface area contributed by atoms with E-state index in [1.807, 2.05) is 127 Å². The molecule has 0 atom stereocenters. The molecule has 1 aliphatic heterocycles. The Bertz CT molecular complexity index is 4850. The lowest BCUT2D eigenvalue weighted by Crippen LogP contribution is -2.56. The molecule has 15 rings (SSSR count). The highest BCUT2D eigenvalue weighted by atomic mass is 28.3. The Morgan fingerprint density at radius 3 is 1.37 bits per heavy atom. The van der Waals surface area contributed by atoms with E-state index in [4.69, 9.17) is 0 Å². The summed E-state index contributed by atoms with van der Waals surface area (Å²) in [5, 5.41) is 11.5. The zero-order chi connectivity index (χ0) is 55.8. The first-order valence-electron chi connectivity index (χ1n) is 28.3. The summed E-state index contributed by atoms with van der Waals surface area (Å²) in [6, 6.07) is 100. The molecule has 0 saturated carbocycles. The van der Waals surface area contributed by atoms with E-state index in [1.165, 1.54) is 26.9 Å². The average molecular weight is 1090 g/mol.